The van der Waals surface area contributed by atoms with Gasteiger partial charge in [-0.3, -0.25) is 64.4 Å². The smallest absolute Gasteiger partial charge is 0.274 e. The summed E-state index contributed by atoms with van der Waals surface area (Å²) in [4.78, 5) is 96.2. The molecule has 18 heterocycles. The molecule has 3 amide bonds. The quantitative estimate of drug-likeness (QED) is 0.0143. The second kappa shape index (κ2) is 44.7. The first kappa shape index (κ1) is 98.5. The molecule has 0 bridgehead atoms. The van der Waals surface area contributed by atoms with Crippen molar-refractivity contribution in [1.82, 2.24) is 89.2 Å². The van der Waals surface area contributed by atoms with E-state index in [2.05, 4.69) is 177 Å². The number of fused-ring (bicyclic) bond motifs is 4. The van der Waals surface area contributed by atoms with Crippen molar-refractivity contribution in [2.45, 2.75) is 116 Å². The van der Waals surface area contributed by atoms with Gasteiger partial charge in [-0.1, -0.05) is 91.0 Å². The maximum Gasteiger partial charge on any atom is 0.274 e. The zero-order valence-corrected chi connectivity index (χ0v) is 82.6. The number of ether oxygens (including phenoxy) is 2. The van der Waals surface area contributed by atoms with Crippen LogP contribution >= 0.6 is 0 Å². The largest absolute Gasteiger partial charge is 0.497 e. The van der Waals surface area contributed by atoms with E-state index in [1.165, 1.54) is 124 Å². The molecule has 31 nitrogen and oxygen atoms in total. The third kappa shape index (κ3) is 23.2. The summed E-state index contributed by atoms with van der Waals surface area (Å²) in [7, 11) is 3.34. The van der Waals surface area contributed by atoms with Crippen LogP contribution in [0.25, 0.3) is 44.1 Å². The van der Waals surface area contributed by atoms with Gasteiger partial charge in [-0.15, -0.1) is 0 Å². The molecule has 146 heavy (non-hydrogen) atoms. The van der Waals surface area contributed by atoms with E-state index in [1.54, 1.807) is 79.2 Å². The third-order valence-electron chi connectivity index (χ3n) is 30.8. The topological polar surface area (TPSA) is 336 Å². The Balaban J connectivity index is 0.000000118. The average molecular weight is 1960 g/mol. The molecule has 16 aromatic rings. The Morgan fingerprint density at radius 1 is 0.342 bits per heavy atom. The molecule has 11 aromatic heterocycles. The number of piperidine rings is 4. The molecular formula is C115H125N21O10. The van der Waals surface area contributed by atoms with Gasteiger partial charge in [-0.25, -0.2) is 41.4 Å². The Morgan fingerprint density at radius 3 is 1.14 bits per heavy atom. The number of nitrogens with zero attached hydrogens (tertiary/aromatic N) is 18. The summed E-state index contributed by atoms with van der Waals surface area (Å²) in [5, 5.41) is 39.9. The van der Waals surface area contributed by atoms with E-state index in [0.29, 0.717) is 76.5 Å². The van der Waals surface area contributed by atoms with Gasteiger partial charge in [-0.2, -0.15) is 0 Å². The molecule has 7 N–H and O–H groups in total. The van der Waals surface area contributed by atoms with Gasteiger partial charge in [0.2, 0.25) is 5.88 Å². The first-order chi connectivity index (χ1) is 71.4. The number of carbonyl (C=O) groups excluding carboxylic acids is 4. The lowest BCUT2D eigenvalue weighted by molar-refractivity contribution is -0.0247. The fourth-order valence-corrected chi connectivity index (χ4v) is 22.4. The molecule has 0 radical (unpaired) electrons. The van der Waals surface area contributed by atoms with Gasteiger partial charge >= 0.3 is 0 Å². The molecule has 3 spiro atoms. The van der Waals surface area contributed by atoms with Crippen molar-refractivity contribution in [2.75, 3.05) is 127 Å². The standard InChI is InChI=1S/C30H33N5O3.C29H32N6O2.C29H31N5O2.C27H29N5O3/c1-38-27-8-4-22(5-9-27)18-33-20-30(21-33)11-14-34(15-12-30)26-16-25-10-13-35(28(25)31-17-26)19-23-2-6-24(7-3-23)29(36)32-37;36-28(32-37)24-5-3-22(4-6-24)20-35-12-7-25-16-26(18-31-27(25)35)34-14-9-29(10-15-34)8-13-33(21-29)19-23-2-1-11-30-17-23;35-19-27(36)23-6-4-22(5-7-23)17-34-12-8-24-15-26(16-31-28(24)34)33-13-9-29(10-14-33)20-32(21-29)18-25-3-1-2-11-30-25;1-35-25-7-4-20(15-28-25)17-31-11-8-21(9-12-31)24-14-23-10-13-32(26(23)29-16-24)18-19-2-5-22(6-3-19)27(33)30-34/h2-10,13,16-17,37H,11-12,14-15,18-21H2,1H3,(H,32,36);1-7,11-12,16-18,37H,8-10,13-15,19-21H2,(H,32,36);1-8,11-12,15-16,35H,9-10,13-14,17-21H2;2-7,10,13-16,21,34H,8-9,11-12,17-18H2,1H3,(H,30,33). The molecule has 0 aliphatic carbocycles. The van der Waals surface area contributed by atoms with Crippen LogP contribution in [0.4, 0.5) is 17.1 Å². The van der Waals surface area contributed by atoms with Crippen LogP contribution < -0.4 is 40.6 Å². The zero-order chi connectivity index (χ0) is 100. The summed E-state index contributed by atoms with van der Waals surface area (Å²) in [6.07, 6.45) is 34.7. The number of hydrogen-bond acceptors (Lipinski definition) is 24. The predicted molar refractivity (Wildman–Crippen MR) is 562 cm³/mol. The summed E-state index contributed by atoms with van der Waals surface area (Å²) >= 11 is 0. The first-order valence-electron chi connectivity index (χ1n) is 50.6. The lowest BCUT2D eigenvalue weighted by atomic mass is 9.72. The highest BCUT2D eigenvalue weighted by molar-refractivity contribution is 5.97. The maximum atomic E-state index is 11.6. The number of anilines is 3. The van der Waals surface area contributed by atoms with Crippen molar-refractivity contribution in [1.29, 1.82) is 0 Å². The van der Waals surface area contributed by atoms with Gasteiger partial charge in [0.25, 0.3) is 17.7 Å². The van der Waals surface area contributed by atoms with Crippen LogP contribution in [-0.4, -0.2) is 229 Å². The molecule has 7 saturated heterocycles. The van der Waals surface area contributed by atoms with Crippen LogP contribution in [0.15, 0.2) is 287 Å². The lowest BCUT2D eigenvalue weighted by Crippen LogP contribution is -2.59. The van der Waals surface area contributed by atoms with E-state index < -0.39 is 24.3 Å². The van der Waals surface area contributed by atoms with Crippen molar-refractivity contribution in [3.8, 4) is 11.6 Å². The zero-order valence-electron chi connectivity index (χ0n) is 82.6. The minimum atomic E-state index is -0.513. The monoisotopic (exact) mass is 1960 g/mol. The first-order valence-corrected chi connectivity index (χ1v) is 50.6. The van der Waals surface area contributed by atoms with Crippen LogP contribution in [-0.2, 0) is 52.4 Å². The van der Waals surface area contributed by atoms with E-state index in [-0.39, 0.29) is 5.78 Å². The second-order valence-corrected chi connectivity index (χ2v) is 40.5. The Labute approximate surface area is 848 Å². The van der Waals surface area contributed by atoms with Gasteiger partial charge in [0, 0.05) is 230 Å². The number of likely N-dealkylation sites (tertiary alicyclic amines) is 4. The third-order valence-corrected chi connectivity index (χ3v) is 30.8. The number of aliphatic hydroxyl groups is 1. The van der Waals surface area contributed by atoms with Gasteiger partial charge in [0.05, 0.1) is 55.6 Å². The molecule has 7 aliphatic heterocycles. The van der Waals surface area contributed by atoms with Crippen molar-refractivity contribution < 1.29 is 49.4 Å². The maximum absolute atomic E-state index is 11.6. The minimum Gasteiger partial charge on any atom is -0.497 e. The number of Topliss-reactive ketones (excluding diaryl/α,β-unsaturated/α-hetero) is 1. The number of pyridine rings is 7. The number of amides is 3. The molecule has 0 atom stereocenters. The molecular weight excluding hydrogens is 1840 g/mol. The highest BCUT2D eigenvalue weighted by Crippen LogP contribution is 2.46. The lowest BCUT2D eigenvalue weighted by Gasteiger charge is -2.54. The molecule has 5 aromatic carbocycles. The Bertz CT molecular complexity index is 7140. The molecule has 0 unspecified atom stereocenters. The van der Waals surface area contributed by atoms with Gasteiger partial charge in [0.15, 0.2) is 5.78 Å². The summed E-state index contributed by atoms with van der Waals surface area (Å²) in [6, 6.07) is 69.3. The predicted octanol–water partition coefficient (Wildman–Crippen LogP) is 16.1. The summed E-state index contributed by atoms with van der Waals surface area (Å²) in [5.41, 5.74) is 26.1. The van der Waals surface area contributed by atoms with Crippen LogP contribution in [0.3, 0.4) is 0 Å². The molecule has 0 saturated carbocycles. The number of aliphatic hydroxyl groups excluding tert-OH is 1. The Hall–Kier alpha value is -14.9. The van der Waals surface area contributed by atoms with E-state index in [1.807, 2.05) is 128 Å². The molecule has 23 rings (SSSR count). The van der Waals surface area contributed by atoms with Crippen molar-refractivity contribution in [3.63, 3.8) is 0 Å². The average Bonchev–Trinajstić information content (AvgIpc) is 0.932. The van der Waals surface area contributed by atoms with Crippen LogP contribution in [0.2, 0.25) is 0 Å². The highest BCUT2D eigenvalue weighted by Gasteiger charge is 2.47. The Morgan fingerprint density at radius 2 is 0.733 bits per heavy atom. The number of aromatic nitrogens is 11. The number of carbonyl (C=O) groups is 4. The molecule has 31 heteroatoms. The number of rotatable bonds is 27. The Kier molecular flexibility index (Phi) is 30.2. The number of nitrogens with one attached hydrogen (secondary N) is 3. The summed E-state index contributed by atoms with van der Waals surface area (Å²) in [5.74, 6) is 0.284. The van der Waals surface area contributed by atoms with Crippen molar-refractivity contribution in [3.05, 3.63) is 359 Å². The molecule has 7 fully saturated rings. The fourth-order valence-electron chi connectivity index (χ4n) is 22.4. The molecule has 7 aliphatic rings. The number of benzene rings is 5. The van der Waals surface area contributed by atoms with E-state index in [9.17, 15) is 19.2 Å². The normalized spacial score (nSPS) is 16.7. The van der Waals surface area contributed by atoms with Crippen molar-refractivity contribution >= 4 is 84.7 Å². The van der Waals surface area contributed by atoms with Crippen LogP contribution in [0, 0.1) is 16.2 Å². The highest BCUT2D eigenvalue weighted by atomic mass is 16.5. The number of ketones is 1. The van der Waals surface area contributed by atoms with E-state index in [0.717, 1.165) is 169 Å². The van der Waals surface area contributed by atoms with Crippen LogP contribution in [0.1, 0.15) is 155 Å². The number of hydrogen-bond donors (Lipinski definition) is 7. The number of methoxy groups -OCH3 is 2. The number of hydroxylamine groups is 3. The second-order valence-electron chi connectivity index (χ2n) is 40.5. The molecule has 750 valence electrons. The van der Waals surface area contributed by atoms with Crippen molar-refractivity contribution in [2.24, 2.45) is 16.2 Å². The summed E-state index contributed by atoms with van der Waals surface area (Å²) < 4.78 is 18.9. The van der Waals surface area contributed by atoms with Gasteiger partial charge in [0.1, 0.15) is 34.9 Å². The van der Waals surface area contributed by atoms with E-state index >= 15 is 0 Å². The van der Waals surface area contributed by atoms with E-state index in [4.69, 9.17) is 50.1 Å². The van der Waals surface area contributed by atoms with Gasteiger partial charge in [-0.05, 0) is 259 Å². The summed E-state index contributed by atoms with van der Waals surface area (Å²) in [6.45, 7) is 21.7. The fraction of sp³-hybridized carbons (Fsp3) is 0.330. The van der Waals surface area contributed by atoms with Gasteiger partial charge < -0.3 is 47.5 Å². The minimum absolute atomic E-state index is 0.259. The van der Waals surface area contributed by atoms with Crippen LogP contribution in [0.5, 0.6) is 11.6 Å². The SMILES string of the molecule is COc1ccc(CN2CC3(CCN(c4cnc5c(ccn5Cc5ccc(C(=O)NO)cc5)c4)CC3)C2)cc1.COc1ccc(CN2CCC(c3cnc4c(ccn4Cc4ccc(C(=O)NO)cc4)c3)CC2)cn1.O=C(CO)c1ccc(Cn2ccc3cc(N4CCC5(CC4)CN(Cc4ccccn4)C5)cnc32)cc1.O=C(NO)c1ccc(Cn2ccc3cc(N4CCC5(CCN(Cc6cccnc6)C5)CC4)cnc32)cc1.